The second-order valence-corrected chi connectivity index (χ2v) is 6.35. The predicted molar refractivity (Wildman–Crippen MR) is 92.6 cm³/mol. The summed E-state index contributed by atoms with van der Waals surface area (Å²) in [5, 5.41) is 13.6. The van der Waals surface area contributed by atoms with Crippen LogP contribution in [0.25, 0.3) is 0 Å². The van der Waals surface area contributed by atoms with Gasteiger partial charge < -0.3 is 15.2 Å². The maximum Gasteiger partial charge on any atom is 0.172 e. The van der Waals surface area contributed by atoms with Crippen LogP contribution in [0, 0.1) is 0 Å². The molecule has 1 aliphatic rings. The summed E-state index contributed by atoms with van der Waals surface area (Å²) in [6.45, 7) is 3.57. The third-order valence-electron chi connectivity index (χ3n) is 4.20. The van der Waals surface area contributed by atoms with Crippen LogP contribution in [0.5, 0.6) is 11.5 Å². The van der Waals surface area contributed by atoms with Gasteiger partial charge in [0.05, 0.1) is 11.6 Å². The van der Waals surface area contributed by atoms with Crippen LogP contribution in [-0.4, -0.2) is 41.7 Å². The van der Waals surface area contributed by atoms with Crippen molar-refractivity contribution < 1.29 is 9.84 Å². The molecule has 0 bridgehead atoms. The summed E-state index contributed by atoms with van der Waals surface area (Å²) >= 11 is 3.49. The van der Waals surface area contributed by atoms with Gasteiger partial charge in [-0.25, -0.2) is 0 Å². The Labute approximate surface area is 144 Å². The molecule has 0 aliphatic carbocycles. The van der Waals surface area contributed by atoms with E-state index in [1.54, 1.807) is 13.2 Å². The Kier molecular flexibility index (Phi) is 5.15. The van der Waals surface area contributed by atoms with Gasteiger partial charge in [0, 0.05) is 44.6 Å². The van der Waals surface area contributed by atoms with Crippen molar-refractivity contribution in [3.63, 3.8) is 0 Å². The summed E-state index contributed by atoms with van der Waals surface area (Å²) in [6.07, 6.45) is 3.66. The molecule has 122 valence electrons. The molecule has 5 nitrogen and oxygen atoms in total. The third kappa shape index (κ3) is 3.49. The van der Waals surface area contributed by atoms with Crippen LogP contribution in [-0.2, 0) is 6.54 Å². The molecule has 6 heteroatoms. The van der Waals surface area contributed by atoms with E-state index in [-0.39, 0.29) is 5.75 Å². The standard InChI is InChI=1S/C17H20BrN3O2/c1-23-15-3-2-13(16(18)17(15)22)11-21-9-8-20-10-14(21)12-4-6-19-7-5-12/h2-7,14,20,22H,8-11H2,1H3. The molecule has 0 spiro atoms. The Morgan fingerprint density at radius 1 is 1.35 bits per heavy atom. The van der Waals surface area contributed by atoms with Gasteiger partial charge in [0.15, 0.2) is 11.5 Å². The number of piperazine rings is 1. The van der Waals surface area contributed by atoms with Crippen molar-refractivity contribution in [2.75, 3.05) is 26.7 Å². The Hall–Kier alpha value is -1.63. The maximum atomic E-state index is 10.2. The molecule has 0 radical (unpaired) electrons. The van der Waals surface area contributed by atoms with E-state index in [1.807, 2.05) is 18.5 Å². The van der Waals surface area contributed by atoms with Gasteiger partial charge in [-0.15, -0.1) is 0 Å². The molecule has 0 saturated carbocycles. The summed E-state index contributed by atoms with van der Waals surface area (Å²) in [6, 6.07) is 8.21. The number of aromatic hydroxyl groups is 1. The van der Waals surface area contributed by atoms with Crippen molar-refractivity contribution in [1.29, 1.82) is 0 Å². The first kappa shape index (κ1) is 16.2. The highest BCUT2D eigenvalue weighted by Crippen LogP contribution is 2.37. The van der Waals surface area contributed by atoms with Crippen molar-refractivity contribution >= 4 is 15.9 Å². The molecule has 1 aromatic heterocycles. The lowest BCUT2D eigenvalue weighted by Gasteiger charge is -2.36. The average Bonchev–Trinajstić information content (AvgIpc) is 2.60. The van der Waals surface area contributed by atoms with E-state index in [1.165, 1.54) is 5.56 Å². The lowest BCUT2D eigenvalue weighted by molar-refractivity contribution is 0.153. The second-order valence-electron chi connectivity index (χ2n) is 5.56. The number of nitrogens with zero attached hydrogens (tertiary/aromatic N) is 2. The van der Waals surface area contributed by atoms with Crippen LogP contribution in [0.1, 0.15) is 17.2 Å². The van der Waals surface area contributed by atoms with Crippen molar-refractivity contribution in [2.45, 2.75) is 12.6 Å². The highest BCUT2D eigenvalue weighted by Gasteiger charge is 2.25. The molecule has 1 atom stereocenters. The van der Waals surface area contributed by atoms with Crippen LogP contribution in [0.15, 0.2) is 41.1 Å². The van der Waals surface area contributed by atoms with Crippen molar-refractivity contribution in [3.8, 4) is 11.5 Å². The van der Waals surface area contributed by atoms with Gasteiger partial charge in [0.1, 0.15) is 0 Å². The first-order valence-electron chi connectivity index (χ1n) is 7.59. The maximum absolute atomic E-state index is 10.2. The highest BCUT2D eigenvalue weighted by atomic mass is 79.9. The minimum atomic E-state index is 0.153. The van der Waals surface area contributed by atoms with Crippen LogP contribution >= 0.6 is 15.9 Å². The van der Waals surface area contributed by atoms with E-state index in [2.05, 4.69) is 43.3 Å². The lowest BCUT2D eigenvalue weighted by Crippen LogP contribution is -2.45. The van der Waals surface area contributed by atoms with Crippen molar-refractivity contribution in [2.24, 2.45) is 0 Å². The lowest BCUT2D eigenvalue weighted by atomic mass is 10.0. The van der Waals surface area contributed by atoms with Crippen LogP contribution in [0.2, 0.25) is 0 Å². The summed E-state index contributed by atoms with van der Waals surface area (Å²) in [5.41, 5.74) is 2.30. The zero-order chi connectivity index (χ0) is 16.2. The smallest absolute Gasteiger partial charge is 0.172 e. The topological polar surface area (TPSA) is 57.6 Å². The van der Waals surface area contributed by atoms with Gasteiger partial charge in [-0.2, -0.15) is 0 Å². The van der Waals surface area contributed by atoms with Crippen LogP contribution < -0.4 is 10.1 Å². The van der Waals surface area contributed by atoms with Crippen LogP contribution in [0.3, 0.4) is 0 Å². The molecule has 2 aromatic rings. The van der Waals surface area contributed by atoms with E-state index in [9.17, 15) is 5.11 Å². The zero-order valence-electron chi connectivity index (χ0n) is 13.0. The van der Waals surface area contributed by atoms with Gasteiger partial charge in [-0.05, 0) is 45.3 Å². The first-order chi connectivity index (χ1) is 11.2. The summed E-state index contributed by atoms with van der Waals surface area (Å²) in [7, 11) is 1.55. The number of ether oxygens (including phenoxy) is 1. The number of methoxy groups -OCH3 is 1. The Morgan fingerprint density at radius 2 is 2.13 bits per heavy atom. The molecule has 1 unspecified atom stereocenters. The first-order valence-corrected chi connectivity index (χ1v) is 8.39. The third-order valence-corrected chi connectivity index (χ3v) is 5.08. The summed E-state index contributed by atoms with van der Waals surface area (Å²) in [5.74, 6) is 0.632. The molecular weight excluding hydrogens is 358 g/mol. The van der Waals surface area contributed by atoms with Gasteiger partial charge in [0.25, 0.3) is 0 Å². The molecule has 2 heterocycles. The predicted octanol–water partition coefficient (Wildman–Crippen LogP) is 2.70. The second kappa shape index (κ2) is 7.29. The Balaban J connectivity index is 1.84. The van der Waals surface area contributed by atoms with E-state index >= 15 is 0 Å². The van der Waals surface area contributed by atoms with Gasteiger partial charge >= 0.3 is 0 Å². The summed E-state index contributed by atoms with van der Waals surface area (Å²) in [4.78, 5) is 6.52. The zero-order valence-corrected chi connectivity index (χ0v) is 14.6. The fourth-order valence-corrected chi connectivity index (χ4v) is 3.40. The number of benzene rings is 1. The molecule has 0 amide bonds. The molecule has 1 fully saturated rings. The minimum absolute atomic E-state index is 0.153. The molecule has 1 saturated heterocycles. The Morgan fingerprint density at radius 3 is 2.87 bits per heavy atom. The quantitative estimate of drug-likeness (QED) is 0.857. The Bertz CT molecular complexity index is 666. The number of phenolic OH excluding ortho intramolecular Hbond substituents is 1. The van der Waals surface area contributed by atoms with E-state index < -0.39 is 0 Å². The number of halogens is 1. The van der Waals surface area contributed by atoms with Gasteiger partial charge in [-0.1, -0.05) is 6.07 Å². The SMILES string of the molecule is COc1ccc(CN2CCNCC2c2ccncc2)c(Br)c1O. The number of pyridine rings is 1. The number of aromatic nitrogens is 1. The molecule has 23 heavy (non-hydrogen) atoms. The number of hydrogen-bond donors (Lipinski definition) is 2. The minimum Gasteiger partial charge on any atom is -0.503 e. The van der Waals surface area contributed by atoms with E-state index in [0.29, 0.717) is 16.3 Å². The monoisotopic (exact) mass is 377 g/mol. The highest BCUT2D eigenvalue weighted by molar-refractivity contribution is 9.10. The van der Waals surface area contributed by atoms with Crippen molar-refractivity contribution in [3.05, 3.63) is 52.3 Å². The summed E-state index contributed by atoms with van der Waals surface area (Å²) < 4.78 is 5.85. The fraction of sp³-hybridized carbons (Fsp3) is 0.353. The molecular formula is C17H20BrN3O2. The van der Waals surface area contributed by atoms with Crippen molar-refractivity contribution in [1.82, 2.24) is 15.2 Å². The number of hydrogen-bond acceptors (Lipinski definition) is 5. The largest absolute Gasteiger partial charge is 0.503 e. The van der Waals surface area contributed by atoms with Gasteiger partial charge in [-0.3, -0.25) is 9.88 Å². The average molecular weight is 378 g/mol. The molecule has 3 rings (SSSR count). The van der Waals surface area contributed by atoms with Crippen LogP contribution in [0.4, 0.5) is 0 Å². The molecule has 1 aromatic carbocycles. The number of nitrogens with one attached hydrogen (secondary N) is 1. The molecule has 1 aliphatic heterocycles. The number of rotatable bonds is 4. The van der Waals surface area contributed by atoms with E-state index in [4.69, 9.17) is 4.74 Å². The fourth-order valence-electron chi connectivity index (χ4n) is 2.94. The normalized spacial score (nSPS) is 18.8. The van der Waals surface area contributed by atoms with E-state index in [0.717, 1.165) is 31.7 Å². The number of phenols is 1. The molecule has 2 N–H and O–H groups in total. The van der Waals surface area contributed by atoms with Gasteiger partial charge in [0.2, 0.25) is 0 Å².